The number of nitrogens with zero attached hydrogens (tertiary/aromatic N) is 2. The highest BCUT2D eigenvalue weighted by Gasteiger charge is 2.21. The normalized spacial score (nSPS) is 18.5. The van der Waals surface area contributed by atoms with Gasteiger partial charge in [-0.05, 0) is 62.6 Å². The summed E-state index contributed by atoms with van der Waals surface area (Å²) in [7, 11) is 0. The number of aromatic nitrogens is 1. The van der Waals surface area contributed by atoms with E-state index in [0.717, 1.165) is 25.9 Å². The number of aliphatic hydroxyl groups is 1. The van der Waals surface area contributed by atoms with E-state index in [1.54, 1.807) is 19.1 Å². The minimum absolute atomic E-state index is 0.253. The summed E-state index contributed by atoms with van der Waals surface area (Å²) in [5.74, 6) is 0.719. The van der Waals surface area contributed by atoms with Crippen LogP contribution in [0, 0.1) is 11.7 Å². The van der Waals surface area contributed by atoms with E-state index < -0.39 is 0 Å². The summed E-state index contributed by atoms with van der Waals surface area (Å²) in [6.45, 7) is 4.87. The van der Waals surface area contributed by atoms with Crippen molar-refractivity contribution >= 4 is 5.91 Å². The molecule has 150 valence electrons. The average molecular weight is 387 g/mol. The number of β-amino-alcohol motifs (C(OH)–C–C–N with tert-alkyl or cyclic N) is 1. The van der Waals surface area contributed by atoms with Crippen LogP contribution < -0.4 is 10.1 Å². The van der Waals surface area contributed by atoms with E-state index >= 15 is 0 Å². The highest BCUT2D eigenvalue weighted by atomic mass is 19.1. The van der Waals surface area contributed by atoms with Crippen molar-refractivity contribution in [1.29, 1.82) is 0 Å². The van der Waals surface area contributed by atoms with Crippen LogP contribution in [0.25, 0.3) is 0 Å². The molecule has 2 heterocycles. The van der Waals surface area contributed by atoms with Crippen molar-refractivity contribution in [2.45, 2.75) is 25.9 Å². The van der Waals surface area contributed by atoms with Gasteiger partial charge in [-0.2, -0.15) is 0 Å². The third-order valence-corrected chi connectivity index (χ3v) is 4.69. The summed E-state index contributed by atoms with van der Waals surface area (Å²) in [5.41, 5.74) is 0.274. The first kappa shape index (κ1) is 20.2. The van der Waals surface area contributed by atoms with E-state index in [2.05, 4.69) is 15.2 Å². The van der Waals surface area contributed by atoms with Crippen molar-refractivity contribution in [1.82, 2.24) is 15.2 Å². The lowest BCUT2D eigenvalue weighted by molar-refractivity contribution is 0.0859. The number of hydrogen-bond acceptors (Lipinski definition) is 5. The number of carbonyl (C=O) groups excluding carboxylic acids is 1. The van der Waals surface area contributed by atoms with Crippen molar-refractivity contribution < 1.29 is 19.0 Å². The number of pyridine rings is 1. The molecule has 6 nitrogen and oxygen atoms in total. The van der Waals surface area contributed by atoms with Crippen LogP contribution in [0.4, 0.5) is 4.39 Å². The van der Waals surface area contributed by atoms with E-state index in [9.17, 15) is 14.3 Å². The van der Waals surface area contributed by atoms with Gasteiger partial charge in [0.2, 0.25) is 0 Å². The Morgan fingerprint density at radius 3 is 2.89 bits per heavy atom. The number of likely N-dealkylation sites (tertiary alicyclic amines) is 1. The molecule has 0 spiro atoms. The zero-order valence-electron chi connectivity index (χ0n) is 16.0. The van der Waals surface area contributed by atoms with Crippen LogP contribution in [0.5, 0.6) is 11.5 Å². The van der Waals surface area contributed by atoms with E-state index in [0.29, 0.717) is 30.5 Å². The van der Waals surface area contributed by atoms with Crippen LogP contribution in [0.1, 0.15) is 30.3 Å². The second-order valence-corrected chi connectivity index (χ2v) is 7.26. The molecule has 1 aromatic heterocycles. The van der Waals surface area contributed by atoms with Crippen molar-refractivity contribution in [2.24, 2.45) is 5.92 Å². The molecule has 0 saturated carbocycles. The Balaban J connectivity index is 1.53. The number of aliphatic hydroxyl groups excluding tert-OH is 1. The molecule has 1 saturated heterocycles. The minimum atomic E-state index is -0.346. The minimum Gasteiger partial charge on any atom is -0.457 e. The lowest BCUT2D eigenvalue weighted by atomic mass is 9.97. The highest BCUT2D eigenvalue weighted by molar-refractivity contribution is 5.92. The van der Waals surface area contributed by atoms with Crippen molar-refractivity contribution in [3.05, 3.63) is 54.1 Å². The standard InChI is InChI=1S/C21H26FN3O3/c1-15(26)13-25-10-2-3-16(14-25)12-24-21(27)20-11-19(8-9-23-20)28-18-6-4-17(22)5-7-18/h4-9,11,15-16,26H,2-3,10,12-14H2,1H3,(H,24,27)/t15?,16-/m1/s1. The van der Waals surface area contributed by atoms with Gasteiger partial charge in [-0.15, -0.1) is 0 Å². The maximum Gasteiger partial charge on any atom is 0.270 e. The molecular formula is C21H26FN3O3. The van der Waals surface area contributed by atoms with Gasteiger partial charge in [0.25, 0.3) is 5.91 Å². The molecule has 3 rings (SSSR count). The summed E-state index contributed by atoms with van der Waals surface area (Å²) in [6, 6.07) is 8.90. The summed E-state index contributed by atoms with van der Waals surface area (Å²) in [5, 5.41) is 12.5. The number of rotatable bonds is 7. The average Bonchev–Trinajstić information content (AvgIpc) is 2.68. The molecule has 2 N–H and O–H groups in total. The Hall–Kier alpha value is -2.51. The molecule has 1 aromatic carbocycles. The first-order valence-electron chi connectivity index (χ1n) is 9.57. The summed E-state index contributed by atoms with van der Waals surface area (Å²) < 4.78 is 18.6. The van der Waals surface area contributed by atoms with Crippen LogP contribution >= 0.6 is 0 Å². The van der Waals surface area contributed by atoms with Gasteiger partial charge in [-0.3, -0.25) is 9.78 Å². The van der Waals surface area contributed by atoms with E-state index in [4.69, 9.17) is 4.74 Å². The third kappa shape index (κ3) is 6.00. The maximum absolute atomic E-state index is 13.0. The van der Waals surface area contributed by atoms with Crippen molar-refractivity contribution in [3.8, 4) is 11.5 Å². The molecule has 1 amide bonds. The number of amides is 1. The molecular weight excluding hydrogens is 361 g/mol. The lowest BCUT2D eigenvalue weighted by Crippen LogP contribution is -2.43. The van der Waals surface area contributed by atoms with Crippen LogP contribution in [0.3, 0.4) is 0 Å². The first-order chi connectivity index (χ1) is 13.5. The van der Waals surface area contributed by atoms with Crippen LogP contribution in [-0.2, 0) is 0 Å². The Kier molecular flexibility index (Phi) is 6.95. The SMILES string of the molecule is CC(O)CN1CCC[C@H](CNC(=O)c2cc(Oc3ccc(F)cc3)ccn2)C1. The summed E-state index contributed by atoms with van der Waals surface area (Å²) in [6.07, 6.45) is 3.28. The summed E-state index contributed by atoms with van der Waals surface area (Å²) in [4.78, 5) is 18.8. The molecule has 2 aromatic rings. The van der Waals surface area contributed by atoms with Crippen LogP contribution in [0.2, 0.25) is 0 Å². The monoisotopic (exact) mass is 387 g/mol. The van der Waals surface area contributed by atoms with E-state index in [1.165, 1.54) is 30.5 Å². The Labute approximate surface area is 164 Å². The molecule has 1 unspecified atom stereocenters. The smallest absolute Gasteiger partial charge is 0.270 e. The molecule has 1 aliphatic rings. The third-order valence-electron chi connectivity index (χ3n) is 4.69. The number of ether oxygens (including phenoxy) is 1. The number of halogens is 1. The number of hydrogen-bond donors (Lipinski definition) is 2. The van der Waals surface area contributed by atoms with Crippen LogP contribution in [0.15, 0.2) is 42.6 Å². The predicted molar refractivity (Wildman–Crippen MR) is 104 cm³/mol. The fraction of sp³-hybridized carbons (Fsp3) is 0.429. The molecule has 0 bridgehead atoms. The fourth-order valence-electron chi connectivity index (χ4n) is 3.42. The Morgan fingerprint density at radius 2 is 2.14 bits per heavy atom. The van der Waals surface area contributed by atoms with Gasteiger partial charge in [0, 0.05) is 31.9 Å². The van der Waals surface area contributed by atoms with E-state index in [-0.39, 0.29) is 23.5 Å². The van der Waals surface area contributed by atoms with E-state index in [1.807, 2.05) is 0 Å². The van der Waals surface area contributed by atoms with Crippen molar-refractivity contribution in [3.63, 3.8) is 0 Å². The Morgan fingerprint density at radius 1 is 1.36 bits per heavy atom. The van der Waals surface area contributed by atoms with Gasteiger partial charge in [-0.25, -0.2) is 4.39 Å². The number of benzene rings is 1. The lowest BCUT2D eigenvalue weighted by Gasteiger charge is -2.33. The highest BCUT2D eigenvalue weighted by Crippen LogP contribution is 2.22. The topological polar surface area (TPSA) is 74.7 Å². The second-order valence-electron chi connectivity index (χ2n) is 7.26. The Bertz CT molecular complexity index is 783. The van der Waals surface area contributed by atoms with Gasteiger partial charge in [0.05, 0.1) is 6.10 Å². The molecule has 28 heavy (non-hydrogen) atoms. The predicted octanol–water partition coefficient (Wildman–Crippen LogP) is 2.84. The molecule has 7 heteroatoms. The fourth-order valence-corrected chi connectivity index (χ4v) is 3.42. The maximum atomic E-state index is 13.0. The van der Waals surface area contributed by atoms with Gasteiger partial charge in [-0.1, -0.05) is 0 Å². The molecule has 1 aliphatic heterocycles. The zero-order chi connectivity index (χ0) is 19.9. The van der Waals surface area contributed by atoms with Crippen molar-refractivity contribution in [2.75, 3.05) is 26.2 Å². The van der Waals surface area contributed by atoms with Gasteiger partial charge < -0.3 is 20.1 Å². The number of carbonyl (C=O) groups is 1. The van der Waals surface area contributed by atoms with Gasteiger partial charge >= 0.3 is 0 Å². The number of nitrogens with one attached hydrogen (secondary N) is 1. The van der Waals surface area contributed by atoms with Gasteiger partial charge in [0.1, 0.15) is 23.0 Å². The van der Waals surface area contributed by atoms with Gasteiger partial charge in [0.15, 0.2) is 0 Å². The zero-order valence-corrected chi connectivity index (χ0v) is 16.0. The molecule has 2 atom stereocenters. The first-order valence-corrected chi connectivity index (χ1v) is 9.57. The second kappa shape index (κ2) is 9.61. The largest absolute Gasteiger partial charge is 0.457 e. The molecule has 0 radical (unpaired) electrons. The molecule has 1 fully saturated rings. The summed E-state index contributed by atoms with van der Waals surface area (Å²) >= 11 is 0. The quantitative estimate of drug-likeness (QED) is 0.764. The van der Waals surface area contributed by atoms with Crippen LogP contribution in [-0.4, -0.2) is 53.2 Å². The number of piperidine rings is 1. The molecule has 0 aliphatic carbocycles.